The van der Waals surface area contributed by atoms with Crippen LogP contribution in [0.5, 0.6) is 0 Å². The van der Waals surface area contributed by atoms with Crippen LogP contribution in [-0.4, -0.2) is 32.3 Å². The van der Waals surface area contributed by atoms with Gasteiger partial charge in [0, 0.05) is 29.7 Å². The molecule has 0 aliphatic heterocycles. The molecular weight excluding hydrogens is 292 g/mol. The molecule has 0 fully saturated rings. The molecule has 3 aromatic heterocycles. The van der Waals surface area contributed by atoms with Gasteiger partial charge in [0.15, 0.2) is 0 Å². The van der Waals surface area contributed by atoms with Crippen LogP contribution in [-0.2, 0) is 16.1 Å². The maximum Gasteiger partial charge on any atom is 0.327 e. The summed E-state index contributed by atoms with van der Waals surface area (Å²) in [4.78, 5) is 20.4. The summed E-state index contributed by atoms with van der Waals surface area (Å²) in [5.74, 6) is -0.326. The first-order chi connectivity index (χ1) is 11.3. The molecule has 0 aliphatic carbocycles. The van der Waals surface area contributed by atoms with Crippen molar-refractivity contribution < 1.29 is 9.53 Å². The highest BCUT2D eigenvalue weighted by molar-refractivity contribution is 5.80. The lowest BCUT2D eigenvalue weighted by Gasteiger charge is -2.09. The van der Waals surface area contributed by atoms with Crippen molar-refractivity contribution in [1.29, 1.82) is 0 Å². The molecule has 3 rings (SSSR count). The predicted octanol–water partition coefficient (Wildman–Crippen LogP) is 2.57. The molecule has 23 heavy (non-hydrogen) atoms. The zero-order chi connectivity index (χ0) is 16.1. The number of nitrogens with zero attached hydrogens (tertiary/aromatic N) is 4. The van der Waals surface area contributed by atoms with Gasteiger partial charge in [0.1, 0.15) is 6.54 Å². The van der Waals surface area contributed by atoms with Gasteiger partial charge in [-0.2, -0.15) is 5.10 Å². The van der Waals surface area contributed by atoms with E-state index < -0.39 is 0 Å². The second kappa shape index (κ2) is 6.83. The Morgan fingerprint density at radius 1 is 1.17 bits per heavy atom. The fraction of sp³-hybridized carbons (Fsp3) is 0.176. The summed E-state index contributed by atoms with van der Waals surface area (Å²) in [6.07, 6.45) is 6.88. The third-order valence-electron chi connectivity index (χ3n) is 3.30. The van der Waals surface area contributed by atoms with Crippen LogP contribution in [0.1, 0.15) is 6.92 Å². The molecule has 0 saturated carbocycles. The van der Waals surface area contributed by atoms with E-state index in [4.69, 9.17) is 4.74 Å². The maximum atomic E-state index is 11.8. The molecule has 0 N–H and O–H groups in total. The Morgan fingerprint density at radius 2 is 2.09 bits per heavy atom. The number of hydrogen-bond acceptors (Lipinski definition) is 5. The van der Waals surface area contributed by atoms with E-state index in [1.54, 1.807) is 36.4 Å². The average molecular weight is 308 g/mol. The number of aromatic nitrogens is 4. The minimum atomic E-state index is -0.326. The van der Waals surface area contributed by atoms with Crippen molar-refractivity contribution >= 4 is 5.97 Å². The van der Waals surface area contributed by atoms with Gasteiger partial charge in [-0.15, -0.1) is 0 Å². The molecule has 3 heterocycles. The van der Waals surface area contributed by atoms with E-state index in [9.17, 15) is 4.79 Å². The first kappa shape index (κ1) is 14.9. The summed E-state index contributed by atoms with van der Waals surface area (Å²) in [5, 5.41) is 4.34. The second-order valence-electron chi connectivity index (χ2n) is 4.83. The minimum absolute atomic E-state index is 0.0465. The topological polar surface area (TPSA) is 69.9 Å². The highest BCUT2D eigenvalue weighted by atomic mass is 16.5. The Hall–Kier alpha value is -3.02. The summed E-state index contributed by atoms with van der Waals surface area (Å²) in [5.41, 5.74) is 3.31. The number of pyridine rings is 2. The lowest BCUT2D eigenvalue weighted by molar-refractivity contribution is -0.144. The molecule has 6 heteroatoms. The van der Waals surface area contributed by atoms with E-state index in [0.29, 0.717) is 6.61 Å². The molecule has 6 nitrogen and oxygen atoms in total. The van der Waals surface area contributed by atoms with Crippen molar-refractivity contribution in [1.82, 2.24) is 19.7 Å². The van der Waals surface area contributed by atoms with Crippen molar-refractivity contribution in [2.24, 2.45) is 0 Å². The highest BCUT2D eigenvalue weighted by Gasteiger charge is 2.17. The lowest BCUT2D eigenvalue weighted by Crippen LogP contribution is -2.15. The van der Waals surface area contributed by atoms with Gasteiger partial charge in [0.05, 0.1) is 24.2 Å². The lowest BCUT2D eigenvalue weighted by atomic mass is 10.1. The molecule has 3 aromatic rings. The molecule has 116 valence electrons. The van der Waals surface area contributed by atoms with Gasteiger partial charge in [-0.05, 0) is 31.2 Å². The number of ether oxygens (including phenoxy) is 1. The van der Waals surface area contributed by atoms with E-state index in [-0.39, 0.29) is 12.5 Å². The maximum absolute atomic E-state index is 11.8. The van der Waals surface area contributed by atoms with Gasteiger partial charge in [0.25, 0.3) is 0 Å². The Labute approximate surface area is 133 Å². The van der Waals surface area contributed by atoms with Crippen LogP contribution < -0.4 is 0 Å². The normalized spacial score (nSPS) is 10.5. The zero-order valence-corrected chi connectivity index (χ0v) is 12.7. The van der Waals surface area contributed by atoms with Crippen LogP contribution in [0.15, 0.2) is 55.1 Å². The summed E-state index contributed by atoms with van der Waals surface area (Å²) in [7, 11) is 0. The smallest absolute Gasteiger partial charge is 0.327 e. The first-order valence-electron chi connectivity index (χ1n) is 7.33. The molecule has 0 radical (unpaired) electrons. The van der Waals surface area contributed by atoms with Gasteiger partial charge >= 0.3 is 5.97 Å². The van der Waals surface area contributed by atoms with Gasteiger partial charge in [-0.3, -0.25) is 19.4 Å². The average Bonchev–Trinajstić information content (AvgIpc) is 3.00. The van der Waals surface area contributed by atoms with Crippen molar-refractivity contribution in [2.45, 2.75) is 13.5 Å². The molecule has 0 spiro atoms. The number of rotatable bonds is 5. The SMILES string of the molecule is CCOC(=O)Cn1ncc(-c2ccccn2)c1-c1cccnc1. The summed E-state index contributed by atoms with van der Waals surface area (Å²) < 4.78 is 6.64. The van der Waals surface area contributed by atoms with Gasteiger partial charge in [-0.1, -0.05) is 6.07 Å². The van der Waals surface area contributed by atoms with E-state index >= 15 is 0 Å². The summed E-state index contributed by atoms with van der Waals surface area (Å²) >= 11 is 0. The molecule has 0 aromatic carbocycles. The standard InChI is InChI=1S/C17H16N4O2/c1-2-23-16(22)12-21-17(13-6-5-8-18-10-13)14(11-20-21)15-7-3-4-9-19-15/h3-11H,2,12H2,1H3. The quantitative estimate of drug-likeness (QED) is 0.678. The Balaban J connectivity index is 2.07. The third kappa shape index (κ3) is 3.26. The van der Waals surface area contributed by atoms with E-state index in [1.807, 2.05) is 30.3 Å². The molecule has 0 atom stereocenters. The van der Waals surface area contributed by atoms with Gasteiger partial charge in [0.2, 0.25) is 0 Å². The Bertz CT molecular complexity index is 785. The summed E-state index contributed by atoms with van der Waals surface area (Å²) in [6, 6.07) is 9.46. The molecule has 0 saturated heterocycles. The number of carbonyl (C=O) groups excluding carboxylic acids is 1. The van der Waals surface area contributed by atoms with Crippen LogP contribution >= 0.6 is 0 Å². The van der Waals surface area contributed by atoms with Crippen molar-refractivity contribution in [3.05, 3.63) is 55.1 Å². The minimum Gasteiger partial charge on any atom is -0.465 e. The fourth-order valence-electron chi connectivity index (χ4n) is 2.35. The second-order valence-corrected chi connectivity index (χ2v) is 4.83. The summed E-state index contributed by atoms with van der Waals surface area (Å²) in [6.45, 7) is 2.17. The largest absolute Gasteiger partial charge is 0.465 e. The van der Waals surface area contributed by atoms with Crippen molar-refractivity contribution in [2.75, 3.05) is 6.61 Å². The fourth-order valence-corrected chi connectivity index (χ4v) is 2.35. The molecular formula is C17H16N4O2. The van der Waals surface area contributed by atoms with Crippen LogP contribution in [0, 0.1) is 0 Å². The number of hydrogen-bond donors (Lipinski definition) is 0. The molecule has 0 amide bonds. The van der Waals surface area contributed by atoms with Crippen LogP contribution in [0.25, 0.3) is 22.5 Å². The zero-order valence-electron chi connectivity index (χ0n) is 12.7. The van der Waals surface area contributed by atoms with Crippen molar-refractivity contribution in [3.8, 4) is 22.5 Å². The number of esters is 1. The van der Waals surface area contributed by atoms with Crippen molar-refractivity contribution in [3.63, 3.8) is 0 Å². The van der Waals surface area contributed by atoms with Gasteiger partial charge < -0.3 is 4.74 Å². The third-order valence-corrected chi connectivity index (χ3v) is 3.30. The Morgan fingerprint density at radius 3 is 2.78 bits per heavy atom. The van der Waals surface area contributed by atoms with Crippen LogP contribution in [0.2, 0.25) is 0 Å². The molecule has 0 aliphatic rings. The predicted molar refractivity (Wildman–Crippen MR) is 85.3 cm³/mol. The van der Waals surface area contributed by atoms with E-state index in [0.717, 1.165) is 22.5 Å². The highest BCUT2D eigenvalue weighted by Crippen LogP contribution is 2.30. The van der Waals surface area contributed by atoms with E-state index in [2.05, 4.69) is 15.1 Å². The molecule has 0 bridgehead atoms. The van der Waals surface area contributed by atoms with E-state index in [1.165, 1.54) is 0 Å². The monoisotopic (exact) mass is 308 g/mol. The first-order valence-corrected chi connectivity index (χ1v) is 7.33. The Kier molecular flexibility index (Phi) is 4.42. The number of carbonyl (C=O) groups is 1. The molecule has 0 unspecified atom stereocenters. The van der Waals surface area contributed by atoms with Crippen LogP contribution in [0.3, 0.4) is 0 Å². The van der Waals surface area contributed by atoms with Crippen LogP contribution in [0.4, 0.5) is 0 Å². The van der Waals surface area contributed by atoms with Gasteiger partial charge in [-0.25, -0.2) is 0 Å².